The Morgan fingerprint density at radius 2 is 1.02 bits per heavy atom. The summed E-state index contributed by atoms with van der Waals surface area (Å²) < 4.78 is 0. The van der Waals surface area contributed by atoms with Gasteiger partial charge in [-0.2, -0.15) is 0 Å². The van der Waals surface area contributed by atoms with E-state index in [9.17, 15) is 33.9 Å². The van der Waals surface area contributed by atoms with Crippen molar-refractivity contribution in [3.63, 3.8) is 0 Å². The van der Waals surface area contributed by atoms with E-state index in [-0.39, 0.29) is 44.3 Å². The van der Waals surface area contributed by atoms with Crippen molar-refractivity contribution in [2.24, 2.45) is 11.5 Å². The SMILES string of the molecule is NCCCC[C@H](NC(=O)[C@H](Cc1ccc(O)cc1)NC(=O)[C@H](Cc1ccccc1)NC(=O)[C@H](Cc1ccccc1)NC(=O)CCSSCCC(=O)O)C(N)=O. The number of unbranched alkanes of at least 4 members (excludes halogenated alkanes) is 1. The Balaban J connectivity index is 1.85. The molecule has 0 saturated heterocycles. The molecule has 0 aromatic heterocycles. The number of carboxylic acids is 1. The number of benzene rings is 3. The van der Waals surface area contributed by atoms with Crippen LogP contribution >= 0.6 is 21.6 Å². The van der Waals surface area contributed by atoms with Gasteiger partial charge in [0.1, 0.15) is 29.9 Å². The van der Waals surface area contributed by atoms with Crippen molar-refractivity contribution in [2.75, 3.05) is 18.1 Å². The molecule has 0 aliphatic heterocycles. The van der Waals surface area contributed by atoms with Gasteiger partial charge in [-0.1, -0.05) is 94.4 Å². The third-order valence-corrected chi connectivity index (χ3v) is 10.8. The normalized spacial score (nSPS) is 13.0. The van der Waals surface area contributed by atoms with E-state index in [1.807, 2.05) is 36.4 Å². The summed E-state index contributed by atoms with van der Waals surface area (Å²) in [5.74, 6) is -3.22. The highest BCUT2D eigenvalue weighted by atomic mass is 33.1. The van der Waals surface area contributed by atoms with Gasteiger partial charge in [0, 0.05) is 37.2 Å². The van der Waals surface area contributed by atoms with E-state index in [4.69, 9.17) is 16.6 Å². The summed E-state index contributed by atoms with van der Waals surface area (Å²) in [4.78, 5) is 78.0. The van der Waals surface area contributed by atoms with Crippen LogP contribution in [0.3, 0.4) is 0 Å². The molecule has 5 amide bonds. The van der Waals surface area contributed by atoms with E-state index in [2.05, 4.69) is 21.3 Å². The second-order valence-corrected chi connectivity index (χ2v) is 15.5. The average Bonchev–Trinajstić information content (AvgIpc) is 3.16. The number of phenolic OH excluding ortho intramolecular Hbond substituents is 1. The predicted octanol–water partition coefficient (Wildman–Crippen LogP) is 2.22. The van der Waals surface area contributed by atoms with E-state index in [0.29, 0.717) is 36.5 Å². The first-order valence-corrected chi connectivity index (χ1v) is 20.5. The molecule has 16 heteroatoms. The number of carbonyl (C=O) groups is 6. The van der Waals surface area contributed by atoms with Crippen LogP contribution in [-0.4, -0.2) is 87.9 Å². The Hall–Kier alpha value is -5.06. The van der Waals surface area contributed by atoms with E-state index in [0.717, 1.165) is 11.1 Å². The molecule has 14 nitrogen and oxygen atoms in total. The first kappa shape index (κ1) is 44.3. The largest absolute Gasteiger partial charge is 0.508 e. The maximum absolute atomic E-state index is 14.2. The highest BCUT2D eigenvalue weighted by Crippen LogP contribution is 2.22. The maximum Gasteiger partial charge on any atom is 0.304 e. The fourth-order valence-electron chi connectivity index (χ4n) is 5.44. The molecule has 0 aliphatic rings. The van der Waals surface area contributed by atoms with Crippen molar-refractivity contribution in [1.29, 1.82) is 0 Å². The van der Waals surface area contributed by atoms with Crippen molar-refractivity contribution in [1.82, 2.24) is 21.3 Å². The summed E-state index contributed by atoms with van der Waals surface area (Å²) in [7, 11) is 2.71. The number of carbonyl (C=O) groups excluding carboxylic acids is 5. The van der Waals surface area contributed by atoms with Crippen molar-refractivity contribution >= 4 is 57.1 Å². The maximum atomic E-state index is 14.2. The van der Waals surface area contributed by atoms with Crippen molar-refractivity contribution in [3.05, 3.63) is 102 Å². The van der Waals surface area contributed by atoms with Crippen molar-refractivity contribution in [3.8, 4) is 5.75 Å². The number of nitrogens with two attached hydrogens (primary N) is 2. The Morgan fingerprint density at radius 3 is 1.47 bits per heavy atom. The molecule has 0 aliphatic carbocycles. The number of aromatic hydroxyl groups is 1. The molecule has 10 N–H and O–H groups in total. The van der Waals surface area contributed by atoms with Crippen molar-refractivity contribution < 1.29 is 39.0 Å². The molecule has 0 heterocycles. The highest BCUT2D eigenvalue weighted by Gasteiger charge is 2.31. The fourth-order valence-corrected chi connectivity index (χ4v) is 7.41. The fraction of sp³-hybridized carbons (Fsp3) is 0.385. The van der Waals surface area contributed by atoms with Crippen LogP contribution in [0.15, 0.2) is 84.9 Å². The molecule has 0 unspecified atom stereocenters. The number of primary amides is 1. The molecule has 3 aromatic carbocycles. The molecule has 0 saturated carbocycles. The average molecular weight is 795 g/mol. The molecule has 4 atom stereocenters. The standard InChI is InChI=1S/C39H50N6O8S2/c40-20-8-7-13-30(36(41)50)43-38(52)33(25-28-14-16-29(46)17-15-28)45-39(53)32(24-27-11-5-2-6-12-27)44-37(51)31(23-26-9-3-1-4-10-26)42-34(47)18-21-54-55-22-19-35(48)49/h1-6,9-12,14-17,30-33,46H,7-8,13,18-25,40H2,(H2,41,50)(H,42,47)(H,43,52)(H,44,51)(H,45,53)(H,48,49)/t30-,31-,32-,33-/m0/s1. The monoisotopic (exact) mass is 794 g/mol. The summed E-state index contributed by atoms with van der Waals surface area (Å²) in [6.45, 7) is 0.401. The summed E-state index contributed by atoms with van der Waals surface area (Å²) in [5, 5.41) is 29.7. The second-order valence-electron chi connectivity index (χ2n) is 12.8. The molecule has 296 valence electrons. The zero-order valence-corrected chi connectivity index (χ0v) is 32.1. The van der Waals surface area contributed by atoms with E-state index >= 15 is 0 Å². The van der Waals surface area contributed by atoms with Gasteiger partial charge >= 0.3 is 5.97 Å². The lowest BCUT2D eigenvalue weighted by Crippen LogP contribution is -2.59. The first-order valence-electron chi connectivity index (χ1n) is 18.0. The van der Waals surface area contributed by atoms with Crippen LogP contribution in [0, 0.1) is 0 Å². The molecule has 55 heavy (non-hydrogen) atoms. The van der Waals surface area contributed by atoms with Crippen molar-refractivity contribution in [2.45, 2.75) is 75.5 Å². The number of carboxylic acid groups (broad SMARTS) is 1. The van der Waals surface area contributed by atoms with Gasteiger partial charge in [-0.15, -0.1) is 0 Å². The number of phenols is 1. The highest BCUT2D eigenvalue weighted by molar-refractivity contribution is 8.76. The molecule has 0 radical (unpaired) electrons. The van der Waals surface area contributed by atoms with Gasteiger partial charge in [-0.25, -0.2) is 0 Å². The third-order valence-electron chi connectivity index (χ3n) is 8.36. The predicted molar refractivity (Wildman–Crippen MR) is 214 cm³/mol. The van der Waals surface area contributed by atoms with Crippen LogP contribution in [0.5, 0.6) is 5.75 Å². The molecule has 0 spiro atoms. The number of hydrogen-bond donors (Lipinski definition) is 8. The lowest BCUT2D eigenvalue weighted by atomic mass is 10.0. The van der Waals surface area contributed by atoms with E-state index < -0.39 is 59.7 Å². The second kappa shape index (κ2) is 24.4. The van der Waals surface area contributed by atoms with Crippen LogP contribution in [0.25, 0.3) is 0 Å². The number of nitrogens with one attached hydrogen (secondary N) is 4. The lowest BCUT2D eigenvalue weighted by molar-refractivity contribution is -0.136. The van der Waals surface area contributed by atoms with Gasteiger partial charge in [-0.3, -0.25) is 28.8 Å². The quantitative estimate of drug-likeness (QED) is 0.0457. The lowest BCUT2D eigenvalue weighted by Gasteiger charge is -2.26. The van der Waals surface area contributed by atoms with Crippen LogP contribution in [0.4, 0.5) is 0 Å². The van der Waals surface area contributed by atoms with Crippen LogP contribution < -0.4 is 32.7 Å². The van der Waals surface area contributed by atoms with Gasteiger partial charge in [0.05, 0.1) is 6.42 Å². The Labute approximate surface area is 328 Å². The minimum atomic E-state index is -1.21. The molecule has 0 fully saturated rings. The molecule has 3 aromatic rings. The summed E-state index contributed by atoms with van der Waals surface area (Å²) >= 11 is 0. The van der Waals surface area contributed by atoms with E-state index in [1.54, 1.807) is 36.4 Å². The first-order chi connectivity index (χ1) is 26.4. The molecule has 0 bridgehead atoms. The van der Waals surface area contributed by atoms with Gasteiger partial charge in [0.2, 0.25) is 29.5 Å². The Morgan fingerprint density at radius 1 is 0.582 bits per heavy atom. The minimum Gasteiger partial charge on any atom is -0.508 e. The van der Waals surface area contributed by atoms with Gasteiger partial charge in [0.25, 0.3) is 0 Å². The molecular weight excluding hydrogens is 745 g/mol. The molecule has 3 rings (SSSR count). The third kappa shape index (κ3) is 17.3. The summed E-state index contributed by atoms with van der Waals surface area (Å²) in [6.07, 6.45) is 1.64. The summed E-state index contributed by atoms with van der Waals surface area (Å²) in [5.41, 5.74) is 13.3. The minimum absolute atomic E-state index is 0.00622. The van der Waals surface area contributed by atoms with Gasteiger partial charge in [0.15, 0.2) is 0 Å². The molecular formula is C39H50N6O8S2. The van der Waals surface area contributed by atoms with Gasteiger partial charge < -0.3 is 42.9 Å². The van der Waals surface area contributed by atoms with E-state index in [1.165, 1.54) is 33.7 Å². The topological polar surface area (TPSA) is 243 Å². The van der Waals surface area contributed by atoms with Crippen LogP contribution in [0.2, 0.25) is 0 Å². The Bertz CT molecular complexity index is 1680. The Kier molecular flexibility index (Phi) is 19.6. The van der Waals surface area contributed by atoms with Crippen LogP contribution in [-0.2, 0) is 48.0 Å². The number of amides is 5. The zero-order chi connectivity index (χ0) is 40.0. The number of rotatable bonds is 25. The number of hydrogen-bond acceptors (Lipinski definition) is 10. The van der Waals surface area contributed by atoms with Crippen LogP contribution in [0.1, 0.15) is 48.8 Å². The summed E-state index contributed by atoms with van der Waals surface area (Å²) in [6, 6.07) is 19.7. The van der Waals surface area contributed by atoms with Gasteiger partial charge in [-0.05, 0) is 54.6 Å². The number of aliphatic carboxylic acids is 1. The zero-order valence-electron chi connectivity index (χ0n) is 30.5. The smallest absolute Gasteiger partial charge is 0.304 e.